The summed E-state index contributed by atoms with van der Waals surface area (Å²) in [5.41, 5.74) is 6.63. The van der Waals surface area contributed by atoms with Crippen molar-refractivity contribution in [3.05, 3.63) is 108 Å². The maximum Gasteiger partial charge on any atom is 0.407 e. The summed E-state index contributed by atoms with van der Waals surface area (Å²) in [4.78, 5) is 12.7. The molecule has 0 unspecified atom stereocenters. The minimum atomic E-state index is -0.430. The Balaban J connectivity index is 1.31. The van der Waals surface area contributed by atoms with E-state index in [1.165, 1.54) is 22.3 Å². The van der Waals surface area contributed by atoms with Gasteiger partial charge >= 0.3 is 6.09 Å². The van der Waals surface area contributed by atoms with E-state index in [4.69, 9.17) is 9.15 Å². The van der Waals surface area contributed by atoms with Crippen molar-refractivity contribution in [2.24, 2.45) is 0 Å². The van der Waals surface area contributed by atoms with Crippen LogP contribution in [-0.4, -0.2) is 12.7 Å². The molecule has 1 amide bonds. The summed E-state index contributed by atoms with van der Waals surface area (Å²) >= 11 is 0. The van der Waals surface area contributed by atoms with Crippen molar-refractivity contribution < 1.29 is 13.9 Å². The van der Waals surface area contributed by atoms with Crippen LogP contribution in [0.4, 0.5) is 4.79 Å². The Labute approximate surface area is 181 Å². The van der Waals surface area contributed by atoms with Crippen LogP contribution in [0.2, 0.25) is 0 Å². The molecule has 1 aliphatic carbocycles. The van der Waals surface area contributed by atoms with Crippen LogP contribution in [0.5, 0.6) is 0 Å². The topological polar surface area (TPSA) is 51.5 Å². The highest BCUT2D eigenvalue weighted by Gasteiger charge is 2.29. The summed E-state index contributed by atoms with van der Waals surface area (Å²) in [5.74, 6) is 0.0401. The molecule has 0 radical (unpaired) electrons. The molecule has 154 valence electrons. The van der Waals surface area contributed by atoms with Crippen molar-refractivity contribution >= 4 is 17.1 Å². The van der Waals surface area contributed by atoms with Gasteiger partial charge in [-0.1, -0.05) is 60.7 Å². The number of furan rings is 1. The van der Waals surface area contributed by atoms with E-state index in [9.17, 15) is 4.79 Å². The quantitative estimate of drug-likeness (QED) is 0.366. The average molecular weight is 409 g/mol. The number of carbonyl (C=O) groups excluding carboxylic acids is 1. The summed E-state index contributed by atoms with van der Waals surface area (Å²) < 4.78 is 11.1. The molecule has 0 spiro atoms. The molecule has 0 saturated heterocycles. The molecular formula is C27H23NO3. The first-order chi connectivity index (χ1) is 15.2. The van der Waals surface area contributed by atoms with E-state index >= 15 is 0 Å². The second-order valence-electron chi connectivity index (χ2n) is 7.76. The van der Waals surface area contributed by atoms with Crippen LogP contribution in [0.3, 0.4) is 0 Å². The molecule has 5 rings (SSSR count). The summed E-state index contributed by atoms with van der Waals surface area (Å²) in [6, 6.07) is 24.2. The van der Waals surface area contributed by atoms with Gasteiger partial charge in [0.05, 0.1) is 12.3 Å². The fourth-order valence-corrected chi connectivity index (χ4v) is 4.43. The molecule has 4 heteroatoms. The first-order valence-corrected chi connectivity index (χ1v) is 10.4. The van der Waals surface area contributed by atoms with Crippen LogP contribution in [0.15, 0.2) is 96.1 Å². The number of amides is 1. The number of ether oxygens (including phenoxy) is 1. The minimum absolute atomic E-state index is 0.0401. The van der Waals surface area contributed by atoms with Crippen molar-refractivity contribution in [2.75, 3.05) is 6.61 Å². The summed E-state index contributed by atoms with van der Waals surface area (Å²) in [6.45, 7) is 4.13. The zero-order valence-corrected chi connectivity index (χ0v) is 17.1. The number of rotatable bonds is 6. The first-order valence-electron chi connectivity index (χ1n) is 10.4. The van der Waals surface area contributed by atoms with Gasteiger partial charge in [0.15, 0.2) is 0 Å². The van der Waals surface area contributed by atoms with Gasteiger partial charge in [-0.05, 0) is 52.4 Å². The minimum Gasteiger partial charge on any atom is -0.464 e. The predicted molar refractivity (Wildman–Crippen MR) is 122 cm³/mol. The molecule has 31 heavy (non-hydrogen) atoms. The lowest BCUT2D eigenvalue weighted by Crippen LogP contribution is -2.30. The summed E-state index contributed by atoms with van der Waals surface area (Å²) in [7, 11) is 0. The third-order valence-corrected chi connectivity index (χ3v) is 5.92. The molecule has 1 N–H and O–H groups in total. The van der Waals surface area contributed by atoms with Crippen molar-refractivity contribution in [3.63, 3.8) is 0 Å². The monoisotopic (exact) mass is 409 g/mol. The number of fused-ring (bicyclic) bond motifs is 4. The Morgan fingerprint density at radius 2 is 1.74 bits per heavy atom. The Morgan fingerprint density at radius 3 is 2.45 bits per heavy atom. The average Bonchev–Trinajstić information content (AvgIpc) is 3.39. The van der Waals surface area contributed by atoms with E-state index in [1.54, 1.807) is 12.3 Å². The molecule has 0 aliphatic heterocycles. The predicted octanol–water partition coefficient (Wildman–Crippen LogP) is 6.59. The third-order valence-electron chi connectivity index (χ3n) is 5.92. The maximum atomic E-state index is 12.7. The molecule has 0 bridgehead atoms. The lowest BCUT2D eigenvalue weighted by molar-refractivity contribution is 0.139. The van der Waals surface area contributed by atoms with Gasteiger partial charge in [-0.15, -0.1) is 6.58 Å². The van der Waals surface area contributed by atoms with Gasteiger partial charge in [0.1, 0.15) is 12.2 Å². The lowest BCUT2D eigenvalue weighted by Gasteiger charge is -2.19. The molecule has 1 aromatic heterocycles. The van der Waals surface area contributed by atoms with Gasteiger partial charge in [0.2, 0.25) is 0 Å². The van der Waals surface area contributed by atoms with Gasteiger partial charge in [-0.3, -0.25) is 0 Å². The van der Waals surface area contributed by atoms with Crippen molar-refractivity contribution in [1.29, 1.82) is 0 Å². The molecule has 0 saturated carbocycles. The zero-order chi connectivity index (χ0) is 21.2. The van der Waals surface area contributed by atoms with Gasteiger partial charge in [0.25, 0.3) is 0 Å². The number of hydrogen-bond donors (Lipinski definition) is 1. The largest absolute Gasteiger partial charge is 0.464 e. The fraction of sp³-hybridized carbons (Fsp3) is 0.148. The molecule has 4 aromatic rings. The molecule has 1 aliphatic rings. The van der Waals surface area contributed by atoms with Crippen molar-refractivity contribution in [1.82, 2.24) is 5.32 Å². The highest BCUT2D eigenvalue weighted by molar-refractivity contribution is 5.79. The van der Waals surface area contributed by atoms with Crippen molar-refractivity contribution in [3.8, 4) is 11.1 Å². The van der Waals surface area contributed by atoms with E-state index < -0.39 is 6.09 Å². The normalized spacial score (nSPS) is 13.4. The second-order valence-corrected chi connectivity index (χ2v) is 7.76. The number of carbonyl (C=O) groups is 1. The lowest BCUT2D eigenvalue weighted by atomic mass is 9.98. The maximum absolute atomic E-state index is 12.7. The molecule has 4 nitrogen and oxygen atoms in total. The van der Waals surface area contributed by atoms with E-state index in [1.807, 2.05) is 48.5 Å². The smallest absolute Gasteiger partial charge is 0.407 e. The van der Waals surface area contributed by atoms with Crippen LogP contribution >= 0.6 is 0 Å². The van der Waals surface area contributed by atoms with Gasteiger partial charge in [-0.25, -0.2) is 4.79 Å². The van der Waals surface area contributed by atoms with E-state index in [0.717, 1.165) is 16.5 Å². The van der Waals surface area contributed by atoms with Crippen LogP contribution in [0, 0.1) is 0 Å². The molecule has 3 aromatic carbocycles. The summed E-state index contributed by atoms with van der Waals surface area (Å²) in [6.07, 6.45) is 3.64. The summed E-state index contributed by atoms with van der Waals surface area (Å²) in [5, 5.41) is 4.00. The van der Waals surface area contributed by atoms with E-state index in [-0.39, 0.29) is 12.0 Å². The number of nitrogens with one attached hydrogen (secondary N) is 1. The number of alkyl carbamates (subject to hydrolysis) is 1. The van der Waals surface area contributed by atoms with Crippen LogP contribution in [0.25, 0.3) is 22.1 Å². The third kappa shape index (κ3) is 3.61. The zero-order valence-electron chi connectivity index (χ0n) is 17.1. The Bertz CT molecular complexity index is 1210. The second kappa shape index (κ2) is 8.15. The number of hydrogen-bond acceptors (Lipinski definition) is 3. The highest BCUT2D eigenvalue weighted by atomic mass is 16.5. The van der Waals surface area contributed by atoms with E-state index in [0.29, 0.717) is 13.0 Å². The Kier molecular flexibility index (Phi) is 5.04. The molecular weight excluding hydrogens is 386 g/mol. The molecule has 0 fully saturated rings. The standard InChI is InChI=1S/C27H23NO3/c1-2-7-25(18-12-13-26-19(16-18)14-15-30-26)28-27(29)31-17-24-22-10-5-3-8-20(22)21-9-4-6-11-23(21)24/h2-6,8-16,24-25H,1,7,17H2,(H,28,29)/t25-/m0/s1. The molecule has 1 heterocycles. The Morgan fingerprint density at radius 1 is 1.03 bits per heavy atom. The van der Waals surface area contributed by atoms with Crippen molar-refractivity contribution in [2.45, 2.75) is 18.4 Å². The van der Waals surface area contributed by atoms with Gasteiger partial charge < -0.3 is 14.5 Å². The van der Waals surface area contributed by atoms with Gasteiger partial charge in [-0.2, -0.15) is 0 Å². The van der Waals surface area contributed by atoms with Crippen LogP contribution < -0.4 is 5.32 Å². The first kappa shape index (κ1) is 19.2. The highest BCUT2D eigenvalue weighted by Crippen LogP contribution is 2.44. The van der Waals surface area contributed by atoms with E-state index in [2.05, 4.69) is 36.2 Å². The van der Waals surface area contributed by atoms with Crippen LogP contribution in [0.1, 0.15) is 35.1 Å². The SMILES string of the molecule is C=CC[C@H](NC(=O)OCC1c2ccccc2-c2ccccc21)c1ccc2occc2c1. The van der Waals surface area contributed by atoms with Gasteiger partial charge in [0, 0.05) is 11.3 Å². The fourth-order valence-electron chi connectivity index (χ4n) is 4.43. The van der Waals surface area contributed by atoms with Crippen LogP contribution in [-0.2, 0) is 4.74 Å². The molecule has 1 atom stereocenters. The Hall–Kier alpha value is -3.79. The number of benzene rings is 3.